The highest BCUT2D eigenvalue weighted by atomic mass is 35.5. The van der Waals surface area contributed by atoms with E-state index in [2.05, 4.69) is 27.1 Å². The number of fused-ring (bicyclic) bond motifs is 1. The molecule has 1 aliphatic rings. The van der Waals surface area contributed by atoms with Gasteiger partial charge in [-0.3, -0.25) is 9.78 Å². The predicted molar refractivity (Wildman–Crippen MR) is 118 cm³/mol. The summed E-state index contributed by atoms with van der Waals surface area (Å²) in [7, 11) is 2.14. The van der Waals surface area contributed by atoms with Crippen LogP contribution in [0.5, 0.6) is 0 Å². The number of amides is 1. The van der Waals surface area contributed by atoms with Gasteiger partial charge in [0.15, 0.2) is 0 Å². The minimum atomic E-state index is -0.139. The van der Waals surface area contributed by atoms with Crippen LogP contribution in [0.4, 0.5) is 11.4 Å². The van der Waals surface area contributed by atoms with Crippen LogP contribution in [-0.2, 0) is 0 Å². The summed E-state index contributed by atoms with van der Waals surface area (Å²) in [5, 5.41) is 5.30. The third-order valence-electron chi connectivity index (χ3n) is 5.01. The summed E-state index contributed by atoms with van der Waals surface area (Å²) < 4.78 is 0. The van der Waals surface area contributed by atoms with Crippen LogP contribution in [0.3, 0.4) is 0 Å². The van der Waals surface area contributed by atoms with Crippen LogP contribution in [0.15, 0.2) is 54.9 Å². The Labute approximate surface area is 175 Å². The second-order valence-corrected chi connectivity index (χ2v) is 7.21. The number of benzene rings is 2. The number of nitrogens with zero attached hydrogens (tertiary/aromatic N) is 3. The highest BCUT2D eigenvalue weighted by Crippen LogP contribution is 2.29. The van der Waals surface area contributed by atoms with Gasteiger partial charge in [-0.05, 0) is 49.5 Å². The number of pyridine rings is 1. The maximum atomic E-state index is 12.7. The van der Waals surface area contributed by atoms with E-state index in [0.717, 1.165) is 48.3 Å². The molecule has 28 heavy (non-hydrogen) atoms. The van der Waals surface area contributed by atoms with Gasteiger partial charge in [0.25, 0.3) is 5.91 Å². The Kier molecular flexibility index (Phi) is 6.39. The van der Waals surface area contributed by atoms with Gasteiger partial charge in [-0.1, -0.05) is 11.6 Å². The first-order chi connectivity index (χ1) is 13.1. The van der Waals surface area contributed by atoms with Crippen LogP contribution in [-0.4, -0.2) is 49.0 Å². The van der Waals surface area contributed by atoms with Crippen LogP contribution >= 0.6 is 24.0 Å². The summed E-state index contributed by atoms with van der Waals surface area (Å²) in [5.41, 5.74) is 2.51. The maximum absolute atomic E-state index is 12.7. The molecule has 2 heterocycles. The fourth-order valence-electron chi connectivity index (χ4n) is 3.35. The van der Waals surface area contributed by atoms with Crippen molar-refractivity contribution in [3.63, 3.8) is 0 Å². The summed E-state index contributed by atoms with van der Waals surface area (Å²) in [5.74, 6) is -0.139. The summed E-state index contributed by atoms with van der Waals surface area (Å²) in [6.45, 7) is 4.13. The van der Waals surface area contributed by atoms with E-state index >= 15 is 0 Å². The van der Waals surface area contributed by atoms with E-state index in [9.17, 15) is 4.79 Å². The van der Waals surface area contributed by atoms with Crippen molar-refractivity contribution in [3.8, 4) is 0 Å². The number of nitrogens with one attached hydrogen (secondary N) is 1. The Hall–Kier alpha value is -2.34. The summed E-state index contributed by atoms with van der Waals surface area (Å²) in [6, 6.07) is 13.2. The quantitative estimate of drug-likeness (QED) is 0.690. The first kappa shape index (κ1) is 20.4. The van der Waals surface area contributed by atoms with Crippen molar-refractivity contribution in [2.24, 2.45) is 0 Å². The Morgan fingerprint density at radius 1 is 1.00 bits per heavy atom. The summed E-state index contributed by atoms with van der Waals surface area (Å²) >= 11 is 6.22. The Balaban J connectivity index is 0.00000225. The van der Waals surface area contributed by atoms with Crippen molar-refractivity contribution in [1.82, 2.24) is 9.88 Å². The second-order valence-electron chi connectivity index (χ2n) is 6.81. The van der Waals surface area contributed by atoms with Crippen LogP contribution in [0, 0.1) is 0 Å². The number of carbonyl (C=O) groups is 1. The molecule has 3 aromatic rings. The molecule has 1 aromatic heterocycles. The molecular formula is C21H22Cl2N4O. The van der Waals surface area contributed by atoms with Crippen LogP contribution < -0.4 is 10.2 Å². The van der Waals surface area contributed by atoms with Gasteiger partial charge in [0.1, 0.15) is 0 Å². The highest BCUT2D eigenvalue weighted by Gasteiger charge is 2.15. The summed E-state index contributed by atoms with van der Waals surface area (Å²) in [4.78, 5) is 21.5. The van der Waals surface area contributed by atoms with Crippen LogP contribution in [0.1, 0.15) is 10.4 Å². The van der Waals surface area contributed by atoms with Crippen molar-refractivity contribution in [2.45, 2.75) is 0 Å². The molecule has 1 fully saturated rings. The molecule has 0 spiro atoms. The minimum absolute atomic E-state index is 0. The Morgan fingerprint density at radius 2 is 1.71 bits per heavy atom. The molecule has 2 aromatic carbocycles. The average molecular weight is 417 g/mol. The number of aromatic nitrogens is 1. The zero-order valence-corrected chi connectivity index (χ0v) is 17.1. The van der Waals surface area contributed by atoms with Crippen molar-refractivity contribution in [1.29, 1.82) is 0 Å². The lowest BCUT2D eigenvalue weighted by atomic mass is 10.1. The Morgan fingerprint density at radius 3 is 2.43 bits per heavy atom. The van der Waals surface area contributed by atoms with Gasteiger partial charge >= 0.3 is 0 Å². The van der Waals surface area contributed by atoms with Crippen molar-refractivity contribution in [3.05, 3.63) is 65.4 Å². The summed E-state index contributed by atoms with van der Waals surface area (Å²) in [6.07, 6.45) is 3.40. The van der Waals surface area contributed by atoms with Gasteiger partial charge in [0, 0.05) is 66.3 Å². The molecule has 0 bridgehead atoms. The van der Waals surface area contributed by atoms with Gasteiger partial charge in [-0.25, -0.2) is 0 Å². The van der Waals surface area contributed by atoms with Crippen molar-refractivity contribution >= 4 is 52.1 Å². The molecule has 146 valence electrons. The SMILES string of the molecule is CN1CCN(c2ccc(C(=O)Nc3ccc(Cl)c4cnccc34)cc2)CC1.Cl. The van der Waals surface area contributed by atoms with E-state index in [-0.39, 0.29) is 18.3 Å². The molecule has 1 saturated heterocycles. The van der Waals surface area contributed by atoms with E-state index < -0.39 is 0 Å². The molecule has 0 unspecified atom stereocenters. The number of likely N-dealkylation sites (N-methyl/N-ethyl adjacent to an activating group) is 1. The lowest BCUT2D eigenvalue weighted by molar-refractivity contribution is 0.102. The number of halogens is 2. The van der Waals surface area contributed by atoms with E-state index in [0.29, 0.717) is 10.6 Å². The monoisotopic (exact) mass is 416 g/mol. The fraction of sp³-hybridized carbons (Fsp3) is 0.238. The molecule has 0 saturated carbocycles. The van der Waals surface area contributed by atoms with E-state index in [1.54, 1.807) is 18.5 Å². The maximum Gasteiger partial charge on any atom is 0.255 e. The average Bonchev–Trinajstić information content (AvgIpc) is 2.71. The molecule has 4 rings (SSSR count). The number of hydrogen-bond donors (Lipinski definition) is 1. The molecule has 1 N–H and O–H groups in total. The second kappa shape index (κ2) is 8.78. The predicted octanol–water partition coefficient (Wildman–Crippen LogP) is 4.31. The van der Waals surface area contributed by atoms with E-state index in [4.69, 9.17) is 11.6 Å². The van der Waals surface area contributed by atoms with E-state index in [1.165, 1.54) is 0 Å². The standard InChI is InChI=1S/C21H21ClN4O.ClH/c1-25-10-12-26(13-11-25)16-4-2-15(3-5-16)21(27)24-20-7-6-19(22)18-14-23-9-8-17(18)20;/h2-9,14H,10-13H2,1H3,(H,24,27);1H. The van der Waals surface area contributed by atoms with Crippen molar-refractivity contribution < 1.29 is 4.79 Å². The van der Waals surface area contributed by atoms with Crippen LogP contribution in [0.25, 0.3) is 10.8 Å². The van der Waals surface area contributed by atoms with Crippen molar-refractivity contribution in [2.75, 3.05) is 43.4 Å². The molecule has 7 heteroatoms. The Bertz CT molecular complexity index is 970. The third kappa shape index (κ3) is 4.22. The van der Waals surface area contributed by atoms with Gasteiger partial charge in [-0.2, -0.15) is 0 Å². The number of carbonyl (C=O) groups excluding carboxylic acids is 1. The largest absolute Gasteiger partial charge is 0.369 e. The number of anilines is 2. The smallest absolute Gasteiger partial charge is 0.255 e. The third-order valence-corrected chi connectivity index (χ3v) is 5.34. The first-order valence-corrected chi connectivity index (χ1v) is 9.37. The molecular weight excluding hydrogens is 395 g/mol. The molecule has 0 radical (unpaired) electrons. The molecule has 0 atom stereocenters. The molecule has 1 amide bonds. The number of hydrogen-bond acceptors (Lipinski definition) is 4. The highest BCUT2D eigenvalue weighted by molar-refractivity contribution is 6.36. The van der Waals surface area contributed by atoms with Gasteiger partial charge in [-0.15, -0.1) is 12.4 Å². The van der Waals surface area contributed by atoms with Crippen LogP contribution in [0.2, 0.25) is 5.02 Å². The zero-order valence-electron chi connectivity index (χ0n) is 15.6. The number of rotatable bonds is 3. The minimum Gasteiger partial charge on any atom is -0.369 e. The van der Waals surface area contributed by atoms with Gasteiger partial charge < -0.3 is 15.1 Å². The normalized spacial score (nSPS) is 14.6. The van der Waals surface area contributed by atoms with Gasteiger partial charge in [0.2, 0.25) is 0 Å². The molecule has 0 aliphatic carbocycles. The lowest BCUT2D eigenvalue weighted by Crippen LogP contribution is -2.44. The fourth-order valence-corrected chi connectivity index (χ4v) is 3.56. The topological polar surface area (TPSA) is 48.5 Å². The van der Waals surface area contributed by atoms with Gasteiger partial charge in [0.05, 0.1) is 5.02 Å². The molecule has 5 nitrogen and oxygen atoms in total. The number of piperazine rings is 1. The van der Waals surface area contributed by atoms with E-state index in [1.807, 2.05) is 36.4 Å². The first-order valence-electron chi connectivity index (χ1n) is 8.99. The lowest BCUT2D eigenvalue weighted by Gasteiger charge is -2.34. The zero-order chi connectivity index (χ0) is 18.8. The molecule has 1 aliphatic heterocycles.